The van der Waals surface area contributed by atoms with Gasteiger partial charge < -0.3 is 10.2 Å². The van der Waals surface area contributed by atoms with Crippen molar-refractivity contribution in [3.05, 3.63) is 95.7 Å². The van der Waals surface area contributed by atoms with E-state index in [1.54, 1.807) is 16.4 Å². The van der Waals surface area contributed by atoms with Crippen molar-refractivity contribution in [3.8, 4) is 23.0 Å². The maximum atomic E-state index is 13.9. The van der Waals surface area contributed by atoms with E-state index < -0.39 is 17.6 Å². The highest BCUT2D eigenvalue weighted by Gasteiger charge is 2.36. The van der Waals surface area contributed by atoms with Gasteiger partial charge in [-0.2, -0.15) is 10.4 Å². The molecule has 3 aromatic carbocycles. The zero-order valence-corrected chi connectivity index (χ0v) is 23.0. The van der Waals surface area contributed by atoms with Crippen LogP contribution in [-0.2, 0) is 10.5 Å². The van der Waals surface area contributed by atoms with E-state index in [0.717, 1.165) is 64.6 Å². The van der Waals surface area contributed by atoms with E-state index in [1.165, 1.54) is 0 Å². The first-order chi connectivity index (χ1) is 19.6. The topological polar surface area (TPSA) is 91.0 Å². The first-order valence-corrected chi connectivity index (χ1v) is 14.5. The summed E-state index contributed by atoms with van der Waals surface area (Å²) in [6, 6.07) is 27.3. The van der Waals surface area contributed by atoms with Crippen LogP contribution in [-0.4, -0.2) is 34.6 Å². The standard InChI is InChI=1S/C32H29N5O2S/c1-21(23-13-5-7-15-27(23)36-17-9-10-18-36)34-32(39)25(19-33)31(38)29-26-20-40-28-16-8-6-14-24(28)30(26)37(35-29)22-11-3-2-4-12-22/h2-8,11-16,21,25H,9-10,17-18,20H2,1H3,(H,34,39). The van der Waals surface area contributed by atoms with Gasteiger partial charge in [0.1, 0.15) is 5.69 Å². The fraction of sp³-hybridized carbons (Fsp3) is 0.250. The van der Waals surface area contributed by atoms with Gasteiger partial charge in [-0.3, -0.25) is 9.59 Å². The van der Waals surface area contributed by atoms with Crippen LogP contribution in [0.25, 0.3) is 16.9 Å². The smallest absolute Gasteiger partial charge is 0.245 e. The Labute approximate surface area is 237 Å². The van der Waals surface area contributed by atoms with Crippen LogP contribution in [0.3, 0.4) is 0 Å². The molecule has 0 aliphatic carbocycles. The lowest BCUT2D eigenvalue weighted by atomic mass is 9.96. The molecule has 2 atom stereocenters. The molecule has 1 fully saturated rings. The van der Waals surface area contributed by atoms with Gasteiger partial charge in [0.15, 0.2) is 5.92 Å². The third-order valence-corrected chi connectivity index (χ3v) is 8.69. The lowest BCUT2D eigenvalue weighted by molar-refractivity contribution is -0.122. The van der Waals surface area contributed by atoms with Gasteiger partial charge in [0.25, 0.3) is 0 Å². The van der Waals surface area contributed by atoms with Crippen molar-refractivity contribution in [2.75, 3.05) is 18.0 Å². The minimum Gasteiger partial charge on any atom is -0.371 e. The Hall–Kier alpha value is -4.35. The number of benzene rings is 3. The number of anilines is 1. The fourth-order valence-corrected chi connectivity index (χ4v) is 6.67. The number of hydrogen-bond donors (Lipinski definition) is 1. The van der Waals surface area contributed by atoms with Crippen LogP contribution >= 0.6 is 11.8 Å². The van der Waals surface area contributed by atoms with Crippen molar-refractivity contribution in [2.24, 2.45) is 5.92 Å². The predicted octanol–water partition coefficient (Wildman–Crippen LogP) is 5.95. The molecule has 0 spiro atoms. The minimum absolute atomic E-state index is 0.174. The van der Waals surface area contributed by atoms with Crippen LogP contribution in [0.15, 0.2) is 83.8 Å². The average molecular weight is 548 g/mol. The molecule has 0 saturated carbocycles. The number of carbonyl (C=O) groups excluding carboxylic acids is 2. The highest BCUT2D eigenvalue weighted by atomic mass is 32.2. The molecule has 3 heterocycles. The number of amides is 1. The van der Waals surface area contributed by atoms with E-state index in [-0.39, 0.29) is 11.7 Å². The normalized spacial score (nSPS) is 15.4. The van der Waals surface area contributed by atoms with Gasteiger partial charge in [0.05, 0.1) is 23.5 Å². The largest absolute Gasteiger partial charge is 0.371 e. The second-order valence-electron chi connectivity index (χ2n) is 10.1. The molecule has 4 aromatic rings. The van der Waals surface area contributed by atoms with Crippen molar-refractivity contribution < 1.29 is 9.59 Å². The molecule has 0 bridgehead atoms. The first kappa shape index (κ1) is 25.9. The number of aromatic nitrogens is 2. The molecular formula is C32H29N5O2S. The number of fused-ring (bicyclic) bond motifs is 3. The van der Waals surface area contributed by atoms with Crippen molar-refractivity contribution in [1.82, 2.24) is 15.1 Å². The summed E-state index contributed by atoms with van der Waals surface area (Å²) in [5, 5.41) is 17.7. The molecule has 8 heteroatoms. The van der Waals surface area contributed by atoms with Crippen LogP contribution in [0.5, 0.6) is 0 Å². The number of nitrogens with zero attached hydrogens (tertiary/aromatic N) is 4. The van der Waals surface area contributed by atoms with Crippen molar-refractivity contribution in [2.45, 2.75) is 36.5 Å². The van der Waals surface area contributed by atoms with Crippen molar-refractivity contribution in [3.63, 3.8) is 0 Å². The molecule has 1 N–H and O–H groups in total. The molecule has 200 valence electrons. The lowest BCUT2D eigenvalue weighted by Gasteiger charge is -2.25. The summed E-state index contributed by atoms with van der Waals surface area (Å²) in [5.41, 5.74) is 5.60. The van der Waals surface area contributed by atoms with Crippen molar-refractivity contribution >= 4 is 29.1 Å². The molecule has 2 aliphatic heterocycles. The molecule has 6 rings (SSSR count). The second-order valence-corrected chi connectivity index (χ2v) is 11.1. The van der Waals surface area contributed by atoms with E-state index in [0.29, 0.717) is 5.75 Å². The number of rotatable bonds is 7. The highest BCUT2D eigenvalue weighted by Crippen LogP contribution is 2.44. The molecule has 1 aromatic heterocycles. The van der Waals surface area contributed by atoms with Gasteiger partial charge >= 0.3 is 0 Å². The number of para-hydroxylation sites is 2. The third kappa shape index (κ3) is 4.67. The monoisotopic (exact) mass is 547 g/mol. The number of Topliss-reactive ketones (excluding diaryl/α,β-unsaturated/α-hetero) is 1. The van der Waals surface area contributed by atoms with Crippen LogP contribution in [0, 0.1) is 17.2 Å². The maximum Gasteiger partial charge on any atom is 0.245 e. The van der Waals surface area contributed by atoms with Gasteiger partial charge in [0, 0.05) is 40.6 Å². The summed E-state index contributed by atoms with van der Waals surface area (Å²) in [5.74, 6) is -2.17. The summed E-state index contributed by atoms with van der Waals surface area (Å²) < 4.78 is 1.77. The maximum absolute atomic E-state index is 13.9. The molecule has 0 radical (unpaired) electrons. The summed E-state index contributed by atoms with van der Waals surface area (Å²) >= 11 is 1.63. The Morgan fingerprint density at radius 3 is 2.45 bits per heavy atom. The molecule has 2 unspecified atom stereocenters. The Bertz CT molecular complexity index is 1620. The first-order valence-electron chi connectivity index (χ1n) is 13.5. The summed E-state index contributed by atoms with van der Waals surface area (Å²) in [6.07, 6.45) is 2.28. The molecular weight excluding hydrogens is 518 g/mol. The van der Waals surface area contributed by atoms with Gasteiger partial charge in [-0.1, -0.05) is 54.6 Å². The second kappa shape index (κ2) is 11.0. The van der Waals surface area contributed by atoms with E-state index in [9.17, 15) is 14.9 Å². The third-order valence-electron chi connectivity index (χ3n) is 7.59. The minimum atomic E-state index is -1.51. The summed E-state index contributed by atoms with van der Waals surface area (Å²) in [6.45, 7) is 3.85. The Morgan fingerprint density at radius 1 is 0.975 bits per heavy atom. The number of nitrogens with one attached hydrogen (secondary N) is 1. The average Bonchev–Trinajstić information content (AvgIpc) is 3.67. The molecule has 1 amide bonds. The van der Waals surface area contributed by atoms with Crippen LogP contribution in [0.1, 0.15) is 47.4 Å². The molecule has 1 saturated heterocycles. The summed E-state index contributed by atoms with van der Waals surface area (Å²) in [4.78, 5) is 30.7. The predicted molar refractivity (Wildman–Crippen MR) is 156 cm³/mol. The van der Waals surface area contributed by atoms with Crippen LogP contribution in [0.4, 0.5) is 5.69 Å². The van der Waals surface area contributed by atoms with Crippen LogP contribution < -0.4 is 10.2 Å². The van der Waals surface area contributed by atoms with Gasteiger partial charge in [-0.25, -0.2) is 4.68 Å². The SMILES string of the molecule is CC(NC(=O)C(C#N)C(=O)c1nn(-c2ccccc2)c2c1CSc1ccccc1-2)c1ccccc1N1CCCC1. The van der Waals surface area contributed by atoms with Gasteiger partial charge in [-0.05, 0) is 49.6 Å². The number of thioether (sulfide) groups is 1. The van der Waals surface area contributed by atoms with E-state index >= 15 is 0 Å². The fourth-order valence-electron chi connectivity index (χ4n) is 5.60. The van der Waals surface area contributed by atoms with Gasteiger partial charge in [0.2, 0.25) is 11.7 Å². The van der Waals surface area contributed by atoms with Crippen LogP contribution in [0.2, 0.25) is 0 Å². The Morgan fingerprint density at radius 2 is 1.68 bits per heavy atom. The summed E-state index contributed by atoms with van der Waals surface area (Å²) in [7, 11) is 0. The molecule has 7 nitrogen and oxygen atoms in total. The number of ketones is 1. The number of nitriles is 1. The van der Waals surface area contributed by atoms with Crippen molar-refractivity contribution in [1.29, 1.82) is 5.26 Å². The number of hydrogen-bond acceptors (Lipinski definition) is 6. The molecule has 40 heavy (non-hydrogen) atoms. The Kier molecular flexibility index (Phi) is 7.14. The number of carbonyl (C=O) groups is 2. The highest BCUT2D eigenvalue weighted by molar-refractivity contribution is 7.98. The lowest BCUT2D eigenvalue weighted by Crippen LogP contribution is -2.37. The van der Waals surface area contributed by atoms with E-state index in [4.69, 9.17) is 5.10 Å². The Balaban J connectivity index is 1.32. The van der Waals surface area contributed by atoms with E-state index in [2.05, 4.69) is 22.3 Å². The van der Waals surface area contributed by atoms with Gasteiger partial charge in [-0.15, -0.1) is 11.8 Å². The zero-order chi connectivity index (χ0) is 27.6. The molecule has 2 aliphatic rings. The zero-order valence-electron chi connectivity index (χ0n) is 22.2. The van der Waals surface area contributed by atoms with E-state index in [1.807, 2.05) is 79.7 Å². The quantitative estimate of drug-likeness (QED) is 0.227.